The minimum Gasteiger partial charge on any atom is -0.469 e. The van der Waals surface area contributed by atoms with Crippen LogP contribution in [0.4, 0.5) is 5.69 Å². The van der Waals surface area contributed by atoms with Crippen LogP contribution >= 0.6 is 0 Å². The Balaban J connectivity index is 1.80. The summed E-state index contributed by atoms with van der Waals surface area (Å²) in [6.45, 7) is 1.90. The van der Waals surface area contributed by atoms with Crippen LogP contribution in [0.2, 0.25) is 0 Å². The molecule has 0 spiro atoms. The first-order valence-electron chi connectivity index (χ1n) is 10.9. The molecule has 0 aliphatic carbocycles. The Bertz CT molecular complexity index is 1310. The van der Waals surface area contributed by atoms with Gasteiger partial charge in [0.2, 0.25) is 5.91 Å². The topological polar surface area (TPSA) is 111 Å². The molecule has 3 rings (SSSR count). The predicted octanol–water partition coefficient (Wildman–Crippen LogP) is 3.96. The summed E-state index contributed by atoms with van der Waals surface area (Å²) >= 11 is 0. The lowest BCUT2D eigenvalue weighted by atomic mass is 10.0. The van der Waals surface area contributed by atoms with E-state index in [2.05, 4.69) is 15.4 Å². The number of fused-ring (bicyclic) bond motifs is 1. The number of carbonyl (C=O) groups excluding carboxylic acids is 4. The van der Waals surface area contributed by atoms with Crippen molar-refractivity contribution < 1.29 is 28.7 Å². The van der Waals surface area contributed by atoms with E-state index in [-0.39, 0.29) is 29.8 Å². The average molecular weight is 475 g/mol. The zero-order chi connectivity index (χ0) is 25.4. The third kappa shape index (κ3) is 6.54. The molecule has 0 aromatic heterocycles. The zero-order valence-electron chi connectivity index (χ0n) is 19.7. The van der Waals surface area contributed by atoms with Crippen molar-refractivity contribution in [2.75, 3.05) is 26.1 Å². The molecule has 0 bridgehead atoms. The van der Waals surface area contributed by atoms with Gasteiger partial charge in [-0.15, -0.1) is 0 Å². The second kappa shape index (κ2) is 11.6. The van der Waals surface area contributed by atoms with Crippen molar-refractivity contribution in [3.05, 3.63) is 83.4 Å². The minimum absolute atomic E-state index is 0.0188. The molecular weight excluding hydrogens is 448 g/mol. The molecule has 2 amide bonds. The van der Waals surface area contributed by atoms with E-state index in [0.717, 1.165) is 21.9 Å². The molecule has 0 unspecified atom stereocenters. The quantitative estimate of drug-likeness (QED) is 0.378. The molecule has 0 saturated heterocycles. The van der Waals surface area contributed by atoms with Crippen LogP contribution in [-0.4, -0.2) is 44.5 Å². The van der Waals surface area contributed by atoms with Crippen LogP contribution in [0, 0.1) is 0 Å². The van der Waals surface area contributed by atoms with Crippen molar-refractivity contribution in [2.24, 2.45) is 0 Å². The number of rotatable bonds is 8. The maximum atomic E-state index is 12.8. The summed E-state index contributed by atoms with van der Waals surface area (Å²) in [5.41, 5.74) is 2.04. The van der Waals surface area contributed by atoms with Gasteiger partial charge in [0.05, 0.1) is 31.9 Å². The highest BCUT2D eigenvalue weighted by Crippen LogP contribution is 2.22. The Hall–Kier alpha value is -4.46. The molecular formula is C27H26N2O6. The van der Waals surface area contributed by atoms with Gasteiger partial charge in [-0.1, -0.05) is 36.4 Å². The van der Waals surface area contributed by atoms with E-state index in [0.29, 0.717) is 0 Å². The van der Waals surface area contributed by atoms with Crippen molar-refractivity contribution in [3.63, 3.8) is 0 Å². The molecule has 180 valence electrons. The second-order valence-electron chi connectivity index (χ2n) is 7.71. The lowest BCUT2D eigenvalue weighted by molar-refractivity contribution is -0.140. The van der Waals surface area contributed by atoms with E-state index < -0.39 is 23.8 Å². The standard InChI is InChI=1S/C27H26N2O6/c1-17(19-9-8-18-6-4-5-7-20(18)15-19)14-24(30)29-23-16-21(10-11-22(23)27(33)35-3)26(32)28-13-12-25(31)34-2/h4-11,14-16H,12-13H2,1-3H3,(H,28,32)(H,29,30)/b17-14-. The summed E-state index contributed by atoms with van der Waals surface area (Å²) in [6, 6.07) is 18.1. The van der Waals surface area contributed by atoms with Gasteiger partial charge in [-0.25, -0.2) is 4.79 Å². The number of esters is 2. The highest BCUT2D eigenvalue weighted by molar-refractivity contribution is 6.09. The third-order valence-corrected chi connectivity index (χ3v) is 5.34. The second-order valence-corrected chi connectivity index (χ2v) is 7.71. The van der Waals surface area contributed by atoms with Gasteiger partial charge >= 0.3 is 11.9 Å². The van der Waals surface area contributed by atoms with Gasteiger partial charge in [0.1, 0.15) is 0 Å². The molecule has 0 fully saturated rings. The van der Waals surface area contributed by atoms with E-state index in [1.807, 2.05) is 49.4 Å². The lowest BCUT2D eigenvalue weighted by Crippen LogP contribution is -2.26. The van der Waals surface area contributed by atoms with Crippen molar-refractivity contribution >= 4 is 45.8 Å². The van der Waals surface area contributed by atoms with Crippen molar-refractivity contribution in [2.45, 2.75) is 13.3 Å². The van der Waals surface area contributed by atoms with Crippen LogP contribution in [0.15, 0.2) is 66.7 Å². The Kier molecular flexibility index (Phi) is 8.34. The summed E-state index contributed by atoms with van der Waals surface area (Å²) in [5, 5.41) is 7.42. The van der Waals surface area contributed by atoms with Crippen LogP contribution in [0.3, 0.4) is 0 Å². The van der Waals surface area contributed by atoms with Crippen LogP contribution < -0.4 is 10.6 Å². The summed E-state index contributed by atoms with van der Waals surface area (Å²) in [5.74, 6) is -2.05. The van der Waals surface area contributed by atoms with E-state index in [9.17, 15) is 19.2 Å². The van der Waals surface area contributed by atoms with Crippen LogP contribution in [0.5, 0.6) is 0 Å². The highest BCUT2D eigenvalue weighted by atomic mass is 16.5. The minimum atomic E-state index is -0.659. The molecule has 3 aromatic carbocycles. The Morgan fingerprint density at radius 2 is 1.57 bits per heavy atom. The third-order valence-electron chi connectivity index (χ3n) is 5.34. The van der Waals surface area contributed by atoms with Crippen LogP contribution in [0.25, 0.3) is 16.3 Å². The predicted molar refractivity (Wildman–Crippen MR) is 133 cm³/mol. The molecule has 0 heterocycles. The number of ether oxygens (including phenoxy) is 2. The largest absolute Gasteiger partial charge is 0.469 e. The molecule has 8 heteroatoms. The number of allylic oxidation sites excluding steroid dienone is 1. The van der Waals surface area contributed by atoms with E-state index in [1.165, 1.54) is 38.5 Å². The fraction of sp³-hybridized carbons (Fsp3) is 0.185. The van der Waals surface area contributed by atoms with Gasteiger partial charge in [0.25, 0.3) is 5.91 Å². The molecule has 2 N–H and O–H groups in total. The molecule has 0 saturated carbocycles. The van der Waals surface area contributed by atoms with Gasteiger partial charge in [-0.3, -0.25) is 14.4 Å². The first-order valence-corrected chi connectivity index (χ1v) is 10.9. The Morgan fingerprint density at radius 1 is 0.857 bits per heavy atom. The van der Waals surface area contributed by atoms with Gasteiger partial charge in [-0.05, 0) is 53.1 Å². The number of carbonyl (C=O) groups is 4. The molecule has 0 radical (unpaired) electrons. The number of amides is 2. The summed E-state index contributed by atoms with van der Waals surface area (Å²) in [4.78, 5) is 48.7. The normalized spacial score (nSPS) is 11.0. The van der Waals surface area contributed by atoms with E-state index in [1.54, 1.807) is 0 Å². The van der Waals surface area contributed by atoms with Gasteiger partial charge < -0.3 is 20.1 Å². The Morgan fingerprint density at radius 3 is 2.29 bits per heavy atom. The highest BCUT2D eigenvalue weighted by Gasteiger charge is 2.17. The van der Waals surface area contributed by atoms with Gasteiger partial charge in [-0.2, -0.15) is 0 Å². The maximum absolute atomic E-state index is 12.8. The summed E-state index contributed by atoms with van der Waals surface area (Å²) in [7, 11) is 2.49. The van der Waals surface area contributed by atoms with Gasteiger partial charge in [0, 0.05) is 18.2 Å². The number of nitrogens with one attached hydrogen (secondary N) is 2. The zero-order valence-corrected chi connectivity index (χ0v) is 19.7. The molecule has 0 atom stereocenters. The lowest BCUT2D eigenvalue weighted by Gasteiger charge is -2.12. The number of hydrogen-bond donors (Lipinski definition) is 2. The van der Waals surface area contributed by atoms with Crippen molar-refractivity contribution in [3.8, 4) is 0 Å². The molecule has 35 heavy (non-hydrogen) atoms. The van der Waals surface area contributed by atoms with Crippen LogP contribution in [0.1, 0.15) is 39.6 Å². The average Bonchev–Trinajstić information content (AvgIpc) is 2.87. The van der Waals surface area contributed by atoms with Gasteiger partial charge in [0.15, 0.2) is 0 Å². The summed E-state index contributed by atoms with van der Waals surface area (Å²) < 4.78 is 9.34. The molecule has 0 aliphatic heterocycles. The first-order chi connectivity index (χ1) is 16.8. The fourth-order valence-corrected chi connectivity index (χ4v) is 3.44. The molecule has 0 aliphatic rings. The number of anilines is 1. The molecule has 8 nitrogen and oxygen atoms in total. The van der Waals surface area contributed by atoms with Crippen molar-refractivity contribution in [1.82, 2.24) is 5.32 Å². The number of benzene rings is 3. The van der Waals surface area contributed by atoms with E-state index >= 15 is 0 Å². The monoisotopic (exact) mass is 474 g/mol. The first kappa shape index (κ1) is 25.2. The number of hydrogen-bond acceptors (Lipinski definition) is 6. The SMILES string of the molecule is COC(=O)CCNC(=O)c1ccc(C(=O)OC)c(NC(=O)/C=C(/C)c2ccc3ccccc3c2)c1. The maximum Gasteiger partial charge on any atom is 0.339 e. The van der Waals surface area contributed by atoms with Crippen molar-refractivity contribution in [1.29, 1.82) is 0 Å². The fourth-order valence-electron chi connectivity index (χ4n) is 3.44. The Labute approximate surface area is 202 Å². The smallest absolute Gasteiger partial charge is 0.339 e. The van der Waals surface area contributed by atoms with E-state index in [4.69, 9.17) is 4.74 Å². The summed E-state index contributed by atoms with van der Waals surface area (Å²) in [6.07, 6.45) is 1.44. The number of methoxy groups -OCH3 is 2. The molecule has 3 aromatic rings. The van der Waals surface area contributed by atoms with Crippen LogP contribution in [-0.2, 0) is 19.1 Å².